The van der Waals surface area contributed by atoms with Gasteiger partial charge in [0.05, 0.1) is 0 Å². The minimum Gasteiger partial charge on any atom is -0.388 e. The molecule has 5 heteroatoms. The number of hydrogen-bond acceptors (Lipinski definition) is 4. The molecule has 0 radical (unpaired) electrons. The highest BCUT2D eigenvalue weighted by atomic mass is 19.1. The van der Waals surface area contributed by atoms with Crippen molar-refractivity contribution < 1.29 is 24.2 Å². The highest BCUT2D eigenvalue weighted by Gasteiger charge is 2.72. The molecule has 0 aromatic heterocycles. The number of allylic oxidation sites excluding steroid dienone is 4. The molecule has 0 aliphatic heterocycles. The number of carbonyl (C=O) groups excluding carboxylic acids is 2. The van der Waals surface area contributed by atoms with Gasteiger partial charge in [0.25, 0.3) is 0 Å². The van der Waals surface area contributed by atoms with Gasteiger partial charge in [0.2, 0.25) is 0 Å². The minimum atomic E-state index is -1.61. The molecular weight excluding hydrogens is 359 g/mol. The molecule has 7 atom stereocenters. The molecule has 0 saturated heterocycles. The van der Waals surface area contributed by atoms with Crippen LogP contribution in [-0.2, 0) is 9.59 Å². The van der Waals surface area contributed by atoms with Crippen LogP contribution in [0.5, 0.6) is 0 Å². The fourth-order valence-electron chi connectivity index (χ4n) is 7.15. The van der Waals surface area contributed by atoms with Crippen molar-refractivity contribution in [1.82, 2.24) is 0 Å². The number of halogens is 1. The van der Waals surface area contributed by atoms with Gasteiger partial charge >= 0.3 is 0 Å². The van der Waals surface area contributed by atoms with Crippen LogP contribution in [0.2, 0.25) is 0 Å². The Morgan fingerprint density at radius 3 is 2.61 bits per heavy atom. The third-order valence-electron chi connectivity index (χ3n) is 8.81. The van der Waals surface area contributed by atoms with Gasteiger partial charge in [-0.1, -0.05) is 32.9 Å². The lowest BCUT2D eigenvalue weighted by atomic mass is 9.45. The molecule has 4 nitrogen and oxygen atoms in total. The van der Waals surface area contributed by atoms with Crippen molar-refractivity contribution in [2.75, 3.05) is 6.61 Å². The number of aliphatic hydroxyl groups excluding tert-OH is 1. The van der Waals surface area contributed by atoms with E-state index in [9.17, 15) is 19.8 Å². The van der Waals surface area contributed by atoms with E-state index in [2.05, 4.69) is 0 Å². The molecule has 0 heterocycles. The van der Waals surface area contributed by atoms with Gasteiger partial charge in [-0.2, -0.15) is 0 Å². The number of aliphatic hydroxyl groups is 2. The fraction of sp³-hybridized carbons (Fsp3) is 0.739. The average molecular weight is 393 g/mol. The molecule has 4 rings (SSSR count). The largest absolute Gasteiger partial charge is 0.388 e. The minimum absolute atomic E-state index is 0. The first-order chi connectivity index (χ1) is 12.5. The predicted octanol–water partition coefficient (Wildman–Crippen LogP) is 3.56. The van der Waals surface area contributed by atoms with Crippen molar-refractivity contribution in [1.29, 1.82) is 0 Å². The van der Waals surface area contributed by atoms with E-state index in [0.29, 0.717) is 25.7 Å². The number of fused-ring (bicyclic) bond motifs is 5. The van der Waals surface area contributed by atoms with Crippen LogP contribution in [0.4, 0.5) is 4.39 Å². The summed E-state index contributed by atoms with van der Waals surface area (Å²) in [4.78, 5) is 24.3. The summed E-state index contributed by atoms with van der Waals surface area (Å²) in [6.07, 6.45) is 7.30. The van der Waals surface area contributed by atoms with Gasteiger partial charge in [-0.3, -0.25) is 9.59 Å². The SMILES string of the molecule is C.C[C@@H]1C[C@H]2[C@@H]3CCC4=CC(=O)C=C[C@]4(C)[C@@]3(F)CC[C@]2(C)[C@@]1(O)C(=O)CO. The zero-order valence-electron chi connectivity index (χ0n) is 16.3. The van der Waals surface area contributed by atoms with Crippen molar-refractivity contribution in [3.8, 4) is 0 Å². The number of carbonyl (C=O) groups is 2. The lowest BCUT2D eigenvalue weighted by Crippen LogP contribution is -2.64. The standard InChI is InChI=1S/C22H29FO4.CH4/c1-13-10-17-16-5-4-14-11-15(25)6-7-19(14,2)21(16,23)9-8-20(17,3)22(13,27)18(26)12-24;/h6-7,11,13,16-17,24,27H,4-5,8-10,12H2,1-3H3;1H4/t13-,16+,17+,19+,20+,21-,22+;/m1./s1. The van der Waals surface area contributed by atoms with Crippen LogP contribution in [0.1, 0.15) is 60.3 Å². The zero-order valence-corrected chi connectivity index (χ0v) is 16.3. The van der Waals surface area contributed by atoms with Gasteiger partial charge in [0.1, 0.15) is 17.9 Å². The van der Waals surface area contributed by atoms with Crippen molar-refractivity contribution in [3.05, 3.63) is 23.8 Å². The normalized spacial score (nSPS) is 49.4. The summed E-state index contributed by atoms with van der Waals surface area (Å²) in [5.41, 5.74) is -3.78. The van der Waals surface area contributed by atoms with Gasteiger partial charge in [-0.25, -0.2) is 4.39 Å². The zero-order chi connectivity index (χ0) is 19.8. The Balaban J connectivity index is 0.00000225. The molecule has 0 bridgehead atoms. The fourth-order valence-corrected chi connectivity index (χ4v) is 7.15. The Bertz CT molecular complexity index is 773. The first-order valence-corrected chi connectivity index (χ1v) is 10.0. The van der Waals surface area contributed by atoms with E-state index in [0.717, 1.165) is 5.57 Å². The Labute approximate surface area is 166 Å². The second kappa shape index (κ2) is 6.33. The van der Waals surface area contributed by atoms with Gasteiger partial charge in [-0.05, 0) is 68.9 Å². The molecule has 0 unspecified atom stereocenters. The number of rotatable bonds is 2. The van der Waals surface area contributed by atoms with Crippen LogP contribution in [0.3, 0.4) is 0 Å². The maximum absolute atomic E-state index is 16.7. The molecule has 156 valence electrons. The van der Waals surface area contributed by atoms with Crippen molar-refractivity contribution in [3.63, 3.8) is 0 Å². The number of ketones is 2. The highest BCUT2D eigenvalue weighted by molar-refractivity contribution is 6.01. The van der Waals surface area contributed by atoms with Gasteiger partial charge in [0.15, 0.2) is 11.6 Å². The molecule has 0 aromatic carbocycles. The monoisotopic (exact) mass is 392 g/mol. The van der Waals surface area contributed by atoms with E-state index in [4.69, 9.17) is 0 Å². The first-order valence-electron chi connectivity index (χ1n) is 10.0. The predicted molar refractivity (Wildman–Crippen MR) is 105 cm³/mol. The Morgan fingerprint density at radius 1 is 1.29 bits per heavy atom. The van der Waals surface area contributed by atoms with Gasteiger partial charge < -0.3 is 10.2 Å². The van der Waals surface area contributed by atoms with E-state index >= 15 is 4.39 Å². The maximum Gasteiger partial charge on any atom is 0.190 e. The van der Waals surface area contributed by atoms with Crippen molar-refractivity contribution >= 4 is 11.6 Å². The molecule has 3 fully saturated rings. The van der Waals surface area contributed by atoms with Gasteiger partial charge in [0, 0.05) is 10.8 Å². The van der Waals surface area contributed by atoms with Crippen LogP contribution in [0, 0.1) is 28.6 Å². The third kappa shape index (κ3) is 2.23. The Kier molecular flexibility index (Phi) is 4.84. The maximum atomic E-state index is 16.7. The van der Waals surface area contributed by atoms with Crippen molar-refractivity contribution in [2.24, 2.45) is 28.6 Å². The lowest BCUT2D eigenvalue weighted by molar-refractivity contribution is -0.182. The molecule has 4 aliphatic rings. The van der Waals surface area contributed by atoms with Crippen LogP contribution < -0.4 is 0 Å². The highest BCUT2D eigenvalue weighted by Crippen LogP contribution is 2.70. The molecule has 28 heavy (non-hydrogen) atoms. The summed E-state index contributed by atoms with van der Waals surface area (Å²) in [7, 11) is 0. The summed E-state index contributed by atoms with van der Waals surface area (Å²) in [6.45, 7) is 4.94. The molecule has 0 amide bonds. The second-order valence-electron chi connectivity index (χ2n) is 9.62. The van der Waals surface area contributed by atoms with E-state index in [1.165, 1.54) is 6.08 Å². The average Bonchev–Trinajstić information content (AvgIpc) is 2.84. The molecule has 3 saturated carbocycles. The third-order valence-corrected chi connectivity index (χ3v) is 8.81. The van der Waals surface area contributed by atoms with Crippen LogP contribution >= 0.6 is 0 Å². The summed E-state index contributed by atoms with van der Waals surface area (Å²) in [5.74, 6) is -1.35. The van der Waals surface area contributed by atoms with Crippen molar-refractivity contribution in [2.45, 2.75) is 71.6 Å². The first kappa shape index (κ1) is 21.4. The molecule has 0 spiro atoms. The second-order valence-corrected chi connectivity index (χ2v) is 9.62. The molecular formula is C23H33FO4. The van der Waals surface area contributed by atoms with E-state index in [1.54, 1.807) is 12.2 Å². The number of hydrogen-bond donors (Lipinski definition) is 2. The van der Waals surface area contributed by atoms with Crippen LogP contribution in [-0.4, -0.2) is 39.7 Å². The lowest BCUT2D eigenvalue weighted by Gasteiger charge is -2.61. The summed E-state index contributed by atoms with van der Waals surface area (Å²) in [6, 6.07) is 0. The Hall–Kier alpha value is -1.33. The topological polar surface area (TPSA) is 74.6 Å². The molecule has 4 aliphatic carbocycles. The van der Waals surface area contributed by atoms with E-state index < -0.39 is 34.5 Å². The molecule has 2 N–H and O–H groups in total. The quantitative estimate of drug-likeness (QED) is 0.754. The van der Waals surface area contributed by atoms with E-state index in [1.807, 2.05) is 20.8 Å². The summed E-state index contributed by atoms with van der Waals surface area (Å²) < 4.78 is 16.7. The molecule has 0 aromatic rings. The van der Waals surface area contributed by atoms with E-state index in [-0.39, 0.29) is 37.4 Å². The van der Waals surface area contributed by atoms with Crippen LogP contribution in [0.15, 0.2) is 23.8 Å². The van der Waals surface area contributed by atoms with Crippen LogP contribution in [0.25, 0.3) is 0 Å². The summed E-state index contributed by atoms with van der Waals surface area (Å²) in [5, 5.41) is 20.8. The number of alkyl halides is 1. The van der Waals surface area contributed by atoms with Gasteiger partial charge in [-0.15, -0.1) is 0 Å². The smallest absolute Gasteiger partial charge is 0.190 e. The number of Topliss-reactive ketones (excluding diaryl/α,β-unsaturated/α-hetero) is 1. The Morgan fingerprint density at radius 2 is 1.96 bits per heavy atom. The summed E-state index contributed by atoms with van der Waals surface area (Å²) >= 11 is 0.